The Labute approximate surface area is 142 Å². The van der Waals surface area contributed by atoms with Crippen LogP contribution in [0.25, 0.3) is 0 Å². The number of nitrogens with one attached hydrogen (secondary N) is 1. The topological polar surface area (TPSA) is 59.4 Å². The molecule has 24 heavy (non-hydrogen) atoms. The van der Waals surface area contributed by atoms with E-state index in [2.05, 4.69) is 21.4 Å². The van der Waals surface area contributed by atoms with Crippen molar-refractivity contribution in [3.63, 3.8) is 0 Å². The quantitative estimate of drug-likeness (QED) is 0.881. The van der Waals surface area contributed by atoms with Gasteiger partial charge in [0.15, 0.2) is 0 Å². The third kappa shape index (κ3) is 4.43. The van der Waals surface area contributed by atoms with Crippen molar-refractivity contribution in [2.45, 2.75) is 20.0 Å². The van der Waals surface area contributed by atoms with Gasteiger partial charge in [0, 0.05) is 37.7 Å². The molecule has 1 N–H and O–H groups in total. The highest BCUT2D eigenvalue weighted by Crippen LogP contribution is 2.19. The summed E-state index contributed by atoms with van der Waals surface area (Å²) in [6.45, 7) is 6.72. The van der Waals surface area contributed by atoms with Crippen LogP contribution in [0.3, 0.4) is 0 Å². The summed E-state index contributed by atoms with van der Waals surface area (Å²) in [7, 11) is 0. The molecule has 0 spiro atoms. The lowest BCUT2D eigenvalue weighted by Gasteiger charge is -2.27. The maximum absolute atomic E-state index is 12.5. The fraction of sp³-hybridized carbons (Fsp3) is 0.444. The molecule has 128 valence electrons. The van der Waals surface area contributed by atoms with Gasteiger partial charge in [-0.05, 0) is 17.7 Å². The summed E-state index contributed by atoms with van der Waals surface area (Å²) in [6.07, 6.45) is 3.60. The van der Waals surface area contributed by atoms with Crippen LogP contribution in [0.5, 0.6) is 0 Å². The number of nitrogens with zero attached hydrogens (tertiary/aromatic N) is 3. The number of aromatic nitrogens is 2. The molecule has 1 aromatic carbocycles. The number of benzene rings is 1. The van der Waals surface area contributed by atoms with Crippen molar-refractivity contribution in [3.8, 4) is 0 Å². The van der Waals surface area contributed by atoms with Crippen LogP contribution < -0.4 is 5.32 Å². The zero-order valence-electron chi connectivity index (χ0n) is 14.0. The molecular formula is C18H24N4O2. The molecule has 1 amide bonds. The molecule has 1 fully saturated rings. The number of anilines is 1. The molecule has 0 radical (unpaired) electrons. The molecule has 1 unspecified atom stereocenters. The van der Waals surface area contributed by atoms with E-state index < -0.39 is 0 Å². The van der Waals surface area contributed by atoms with Gasteiger partial charge in [-0.1, -0.05) is 25.1 Å². The van der Waals surface area contributed by atoms with Gasteiger partial charge >= 0.3 is 0 Å². The Kier molecular flexibility index (Phi) is 5.61. The largest absolute Gasteiger partial charge is 0.379 e. The molecule has 1 aromatic heterocycles. The summed E-state index contributed by atoms with van der Waals surface area (Å²) in [5, 5.41) is 7.23. The lowest BCUT2D eigenvalue weighted by molar-refractivity contribution is -0.119. The van der Waals surface area contributed by atoms with E-state index in [1.165, 1.54) is 0 Å². The number of carbonyl (C=O) groups is 1. The fourth-order valence-electron chi connectivity index (χ4n) is 2.81. The molecule has 6 heteroatoms. The van der Waals surface area contributed by atoms with E-state index in [-0.39, 0.29) is 11.8 Å². The van der Waals surface area contributed by atoms with E-state index in [0.29, 0.717) is 6.54 Å². The number of ether oxygens (including phenoxy) is 1. The molecule has 1 aliphatic rings. The molecule has 0 aliphatic carbocycles. The van der Waals surface area contributed by atoms with Crippen molar-refractivity contribution in [3.05, 3.63) is 48.3 Å². The highest BCUT2D eigenvalue weighted by atomic mass is 16.5. The van der Waals surface area contributed by atoms with Crippen LogP contribution in [0.15, 0.2) is 42.7 Å². The maximum Gasteiger partial charge on any atom is 0.229 e. The molecule has 1 aliphatic heterocycles. The van der Waals surface area contributed by atoms with Crippen molar-refractivity contribution in [2.75, 3.05) is 31.6 Å². The number of morpholine rings is 1. The van der Waals surface area contributed by atoms with Gasteiger partial charge in [0.05, 0.1) is 25.7 Å². The Morgan fingerprint density at radius 1 is 1.29 bits per heavy atom. The van der Waals surface area contributed by atoms with Crippen LogP contribution in [0.1, 0.15) is 12.5 Å². The van der Waals surface area contributed by atoms with Crippen LogP contribution in [-0.2, 0) is 22.6 Å². The van der Waals surface area contributed by atoms with Crippen LogP contribution >= 0.6 is 0 Å². The smallest absolute Gasteiger partial charge is 0.229 e. The number of amides is 1. The summed E-state index contributed by atoms with van der Waals surface area (Å²) in [6, 6.07) is 9.87. The van der Waals surface area contributed by atoms with Crippen LogP contribution in [0, 0.1) is 5.92 Å². The van der Waals surface area contributed by atoms with E-state index >= 15 is 0 Å². The van der Waals surface area contributed by atoms with E-state index in [1.54, 1.807) is 10.9 Å². The van der Waals surface area contributed by atoms with Gasteiger partial charge in [-0.3, -0.25) is 14.4 Å². The van der Waals surface area contributed by atoms with Crippen LogP contribution in [0.2, 0.25) is 0 Å². The molecule has 6 nitrogen and oxygen atoms in total. The van der Waals surface area contributed by atoms with Crippen molar-refractivity contribution in [1.29, 1.82) is 0 Å². The molecular weight excluding hydrogens is 304 g/mol. The Morgan fingerprint density at radius 3 is 2.83 bits per heavy atom. The lowest BCUT2D eigenvalue weighted by atomic mass is 10.1. The highest BCUT2D eigenvalue weighted by molar-refractivity contribution is 5.93. The molecule has 2 aromatic rings. The summed E-state index contributed by atoms with van der Waals surface area (Å²) < 4.78 is 7.18. The first-order valence-corrected chi connectivity index (χ1v) is 8.38. The number of hydrogen-bond donors (Lipinski definition) is 1. The number of rotatable bonds is 6. The third-order valence-corrected chi connectivity index (χ3v) is 4.24. The van der Waals surface area contributed by atoms with Crippen molar-refractivity contribution in [1.82, 2.24) is 14.7 Å². The second kappa shape index (κ2) is 8.08. The highest BCUT2D eigenvalue weighted by Gasteiger charge is 2.17. The Balaban J connectivity index is 1.62. The fourth-order valence-corrected chi connectivity index (χ4v) is 2.81. The maximum atomic E-state index is 12.5. The van der Waals surface area contributed by atoms with E-state index in [9.17, 15) is 4.79 Å². The van der Waals surface area contributed by atoms with Crippen molar-refractivity contribution in [2.24, 2.45) is 5.92 Å². The number of carbonyl (C=O) groups excluding carboxylic acids is 1. The van der Waals surface area contributed by atoms with Gasteiger partial charge in [-0.2, -0.15) is 5.10 Å². The predicted molar refractivity (Wildman–Crippen MR) is 92.6 cm³/mol. The number of hydrogen-bond acceptors (Lipinski definition) is 4. The van der Waals surface area contributed by atoms with Gasteiger partial charge < -0.3 is 10.1 Å². The zero-order chi connectivity index (χ0) is 16.8. The van der Waals surface area contributed by atoms with E-state index in [1.807, 2.05) is 37.4 Å². The molecule has 0 saturated carbocycles. The first kappa shape index (κ1) is 16.7. The summed E-state index contributed by atoms with van der Waals surface area (Å²) in [5.41, 5.74) is 2.03. The molecule has 2 heterocycles. The van der Waals surface area contributed by atoms with Gasteiger partial charge in [0.1, 0.15) is 0 Å². The van der Waals surface area contributed by atoms with Gasteiger partial charge in [0.25, 0.3) is 0 Å². The Hall–Kier alpha value is -2.18. The average molecular weight is 328 g/mol. The first-order chi connectivity index (χ1) is 11.7. The number of para-hydroxylation sites is 1. The summed E-state index contributed by atoms with van der Waals surface area (Å²) in [5.74, 6) is -0.138. The standard InChI is InChI=1S/C18H24N4O2/c1-15(13-22-8-4-7-19-22)18(23)20-17-6-3-2-5-16(17)14-21-9-11-24-12-10-21/h2-8,15H,9-14H2,1H3,(H,20,23). The van der Waals surface area contributed by atoms with E-state index in [0.717, 1.165) is 44.1 Å². The normalized spacial score (nSPS) is 16.7. The monoisotopic (exact) mass is 328 g/mol. The van der Waals surface area contributed by atoms with Crippen LogP contribution in [-0.4, -0.2) is 46.9 Å². The third-order valence-electron chi connectivity index (χ3n) is 4.24. The zero-order valence-corrected chi connectivity index (χ0v) is 14.0. The predicted octanol–water partition coefficient (Wildman–Crippen LogP) is 1.99. The average Bonchev–Trinajstić information content (AvgIpc) is 3.10. The van der Waals surface area contributed by atoms with Crippen molar-refractivity contribution < 1.29 is 9.53 Å². The van der Waals surface area contributed by atoms with Gasteiger partial charge in [0.2, 0.25) is 5.91 Å². The lowest BCUT2D eigenvalue weighted by Crippen LogP contribution is -2.36. The molecule has 0 bridgehead atoms. The Bertz CT molecular complexity index is 651. The van der Waals surface area contributed by atoms with Gasteiger partial charge in [-0.15, -0.1) is 0 Å². The summed E-state index contributed by atoms with van der Waals surface area (Å²) in [4.78, 5) is 14.8. The second-order valence-corrected chi connectivity index (χ2v) is 6.16. The second-order valence-electron chi connectivity index (χ2n) is 6.16. The molecule has 1 atom stereocenters. The minimum atomic E-state index is -0.152. The Morgan fingerprint density at radius 2 is 2.08 bits per heavy atom. The minimum absolute atomic E-state index is 0.0138. The molecule has 1 saturated heterocycles. The van der Waals surface area contributed by atoms with E-state index in [4.69, 9.17) is 4.74 Å². The SMILES string of the molecule is CC(Cn1cccn1)C(=O)Nc1ccccc1CN1CCOCC1. The molecule has 3 rings (SSSR count). The first-order valence-electron chi connectivity index (χ1n) is 8.38. The van der Waals surface area contributed by atoms with Gasteiger partial charge in [-0.25, -0.2) is 0 Å². The van der Waals surface area contributed by atoms with Crippen LogP contribution in [0.4, 0.5) is 5.69 Å². The summed E-state index contributed by atoms with van der Waals surface area (Å²) >= 11 is 0. The van der Waals surface area contributed by atoms with Crippen molar-refractivity contribution >= 4 is 11.6 Å². The minimum Gasteiger partial charge on any atom is -0.379 e.